The van der Waals surface area contributed by atoms with Crippen molar-refractivity contribution in [2.75, 3.05) is 109 Å². The van der Waals surface area contributed by atoms with Gasteiger partial charge in [0.15, 0.2) is 0 Å². The van der Waals surface area contributed by atoms with Crippen LogP contribution in [0, 0.1) is 0 Å². The molecule has 1 N–H and O–H groups in total. The summed E-state index contributed by atoms with van der Waals surface area (Å²) >= 11 is 43.5. The number of alkyl halides is 2. The third-order valence-electron chi connectivity index (χ3n) is 9.52. The second-order valence-electron chi connectivity index (χ2n) is 15.4. The monoisotopic (exact) mass is 1960 g/mol. The average Bonchev–Trinajstić information content (AvgIpc) is 2.59. The van der Waals surface area contributed by atoms with Gasteiger partial charge in [-0.1, -0.05) is 120 Å². The Hall–Kier alpha value is 7.92. The van der Waals surface area contributed by atoms with Gasteiger partial charge in [0.2, 0.25) is 0 Å². The van der Waals surface area contributed by atoms with E-state index in [1.54, 1.807) is 23.5 Å². The zero-order valence-corrected chi connectivity index (χ0v) is 85.9. The Bertz CT molecular complexity index is 1690. The van der Waals surface area contributed by atoms with E-state index in [1.807, 2.05) is 130 Å². The molecule has 0 aliphatic heterocycles. The zero-order chi connectivity index (χ0) is 63.8. The van der Waals surface area contributed by atoms with Crippen LogP contribution in [0.1, 0.15) is 157 Å². The van der Waals surface area contributed by atoms with E-state index in [-0.39, 0.29) is 235 Å². The fourth-order valence-electron chi connectivity index (χ4n) is 6.80. The SMILES string of the molecule is C.C.C.C.C.CCO[Si](CCCCl)(OCC)OCC.CCO[Si](CCCS)(OCC)OCC.CCO[Si](CCCSC(=S)SCc1ccccc1)(OCC)OCC.CCO[Si](CCCSC(=S)[S-])(OCC)OCC.ClCc1ccccc1.I.I.S=C=S.[3H]PC.[Cl-].[Na+].[Na+].[Na+].[Na+].[OH-].[SH-]. The van der Waals surface area contributed by atoms with Crippen molar-refractivity contribution in [3.63, 3.8) is 0 Å². The van der Waals surface area contributed by atoms with Crippen LogP contribution >= 0.6 is 177 Å². The molecule has 0 aliphatic rings. The van der Waals surface area contributed by atoms with E-state index in [9.17, 15) is 0 Å². The molecule has 0 aliphatic carbocycles. The van der Waals surface area contributed by atoms with Crippen LogP contribution in [0.3, 0.4) is 0 Å². The molecule has 0 fully saturated rings. The van der Waals surface area contributed by atoms with E-state index in [1.165, 1.54) is 22.9 Å². The zero-order valence-electron chi connectivity index (χ0n) is 58.6. The quantitative estimate of drug-likeness (QED) is 0.0116. The molecular formula is C59H128Cl3I2Na4O13PS10Si4. The summed E-state index contributed by atoms with van der Waals surface area (Å²) in [5.74, 6) is 4.90. The number of thiocarbonyl (C=S) groups is 4. The van der Waals surface area contributed by atoms with Gasteiger partial charge < -0.3 is 109 Å². The number of benzene rings is 2. The van der Waals surface area contributed by atoms with Crippen LogP contribution < -0.4 is 131 Å². The van der Waals surface area contributed by atoms with Crippen LogP contribution in [0.5, 0.6) is 0 Å². The van der Waals surface area contributed by atoms with E-state index < -0.39 is 35.2 Å². The first kappa shape index (κ1) is 149. The van der Waals surface area contributed by atoms with Crippen molar-refractivity contribution in [2.24, 2.45) is 0 Å². The largest absolute Gasteiger partial charge is 1.00 e. The number of halogens is 5. The second kappa shape index (κ2) is 116. The van der Waals surface area contributed by atoms with Gasteiger partial charge in [0, 0.05) is 125 Å². The van der Waals surface area contributed by atoms with E-state index >= 15 is 0 Å². The Morgan fingerprint density at radius 1 is 0.490 bits per heavy atom. The molecule has 1 unspecified atom stereocenters. The summed E-state index contributed by atoms with van der Waals surface area (Å²) in [6.45, 7) is 33.1. The van der Waals surface area contributed by atoms with E-state index in [0.29, 0.717) is 104 Å². The Labute approximate surface area is 790 Å². The molecule has 1 atom stereocenters. The molecule has 0 bridgehead atoms. The minimum atomic E-state index is -2.50. The fourth-order valence-corrected chi connectivity index (χ4v) is 21.8. The van der Waals surface area contributed by atoms with Gasteiger partial charge in [0.05, 0.1) is 1.28 Å². The molecule has 0 heterocycles. The molecule has 0 spiro atoms. The van der Waals surface area contributed by atoms with Crippen molar-refractivity contribution in [2.45, 2.75) is 182 Å². The topological polar surface area (TPSA) is 141 Å². The summed E-state index contributed by atoms with van der Waals surface area (Å²) in [6.07, 6.45) is 3.81. The molecule has 0 amide bonds. The summed E-state index contributed by atoms with van der Waals surface area (Å²) in [6, 6.07) is 23.7. The van der Waals surface area contributed by atoms with Crippen LogP contribution in [0.4, 0.5) is 0 Å². The number of rotatable bonds is 41. The molecule has 0 saturated heterocycles. The molecule has 0 saturated carbocycles. The van der Waals surface area contributed by atoms with Crippen molar-refractivity contribution in [3.8, 4) is 0 Å². The van der Waals surface area contributed by atoms with Gasteiger partial charge in [-0.25, -0.2) is 0 Å². The summed E-state index contributed by atoms with van der Waals surface area (Å²) in [4.78, 5) is 0. The maximum atomic E-state index is 6.24. The molecule has 37 heteroatoms. The number of thiol groups is 2. The Morgan fingerprint density at radius 2 is 0.719 bits per heavy atom. The predicted octanol–water partition coefficient (Wildman–Crippen LogP) is 6.31. The first-order chi connectivity index (χ1) is 40.0. The molecule has 2 aromatic carbocycles. The Kier molecular flexibility index (Phi) is 180. The summed E-state index contributed by atoms with van der Waals surface area (Å²) in [5, 5.41) is 0. The molecule has 13 nitrogen and oxygen atoms in total. The predicted molar refractivity (Wildman–Crippen MR) is 467 cm³/mol. The average molecular weight is 1960 g/mol. The van der Waals surface area contributed by atoms with E-state index in [2.05, 4.69) is 61.3 Å². The number of thioether (sulfide) groups is 3. The first-order valence-electron chi connectivity index (χ1n) is 28.7. The van der Waals surface area contributed by atoms with Crippen LogP contribution in [0.25, 0.3) is 0 Å². The number of hydrogen-bond acceptors (Lipinski definition) is 23. The maximum Gasteiger partial charge on any atom is 1.00 e. The summed E-state index contributed by atoms with van der Waals surface area (Å²) < 4.78 is 78.5. The summed E-state index contributed by atoms with van der Waals surface area (Å²) in [5.41, 5.74) is 2.48. The molecule has 0 radical (unpaired) electrons. The van der Waals surface area contributed by atoms with Crippen molar-refractivity contribution in [3.05, 3.63) is 71.8 Å². The third kappa shape index (κ3) is 94.3. The number of hydrogen-bond donors (Lipinski definition) is 1. The molecule has 562 valence electrons. The van der Waals surface area contributed by atoms with Gasteiger partial charge in [-0.05, 0) is 162 Å². The van der Waals surface area contributed by atoms with Gasteiger partial charge in [-0.15, -0.1) is 116 Å². The van der Waals surface area contributed by atoms with Gasteiger partial charge in [-0.3, -0.25) is 0 Å². The Morgan fingerprint density at radius 3 is 0.927 bits per heavy atom. The van der Waals surface area contributed by atoms with Crippen LogP contribution in [0.15, 0.2) is 60.7 Å². The third-order valence-corrected chi connectivity index (χ3v) is 27.3. The van der Waals surface area contributed by atoms with E-state index in [4.69, 9.17) is 115 Å². The molecular weight excluding hydrogens is 1830 g/mol. The van der Waals surface area contributed by atoms with Gasteiger partial charge in [-0.2, -0.15) is 12.6 Å². The maximum absolute atomic E-state index is 6.24. The molecule has 2 aromatic rings. The normalized spacial score (nSPS) is 9.65. The fraction of sp³-hybridized carbons (Fsp3) is 0.746. The molecule has 2 rings (SSSR count). The van der Waals surface area contributed by atoms with Crippen LogP contribution in [0.2, 0.25) is 24.2 Å². The van der Waals surface area contributed by atoms with Crippen molar-refractivity contribution in [1.82, 2.24) is 0 Å². The molecule has 0 aromatic heterocycles. The van der Waals surface area contributed by atoms with Crippen LogP contribution in [-0.2, 0) is 90.9 Å². The van der Waals surface area contributed by atoms with Crippen molar-refractivity contribution < 1.29 is 189 Å². The van der Waals surface area contributed by atoms with Gasteiger partial charge in [0.1, 0.15) is 3.53 Å². The van der Waals surface area contributed by atoms with Crippen LogP contribution in [-0.4, -0.2) is 162 Å². The standard InChI is InChI=1S/C17H28O3S3Si.C10H22O3S3Si.C9H21ClO3Si.C9H22O3SSi.C7H7Cl.CH5P.CS2.5CH4.ClH.2HI.4Na.H2O.H2S/c1-4-18-24(19-5-2,20-6-3)14-10-13-22-17(21)23-15-16-11-8-7-9-12-16;1-4-11-17(12-5-2,13-6-3)9-7-8-16-10(14)15;1-4-11-14(12-5-2,13-6-3)9-7-8-10;1-4-10-14(11-5-2,12-6-3)9-7-8-13;8-6-7-4-2-1-3-5-7;1-2;2-1-3;;;;;;;;;;;;;;/h7-9,11-12H,4-6,10,13-15H2,1-3H3;4-9H2,1-3H3,(H,14,15);4-9H2,1-3H3;13H,4-9H2,1-3H3;1-5H,6H2;2H2,1H3;;5*1H4;3*1H;;;;;2*1H2/q;;;;;;;;;;;;;;;4*+1;;/p-4/i;;;;;2T;;;;;;;;;;;;;;;. The smallest absolute Gasteiger partial charge is 1.00 e. The summed E-state index contributed by atoms with van der Waals surface area (Å²) in [7, 11) is -9.39. The van der Waals surface area contributed by atoms with Gasteiger partial charge >= 0.3 is 153 Å². The minimum absolute atomic E-state index is 0. The van der Waals surface area contributed by atoms with Crippen molar-refractivity contribution >= 4 is 250 Å². The van der Waals surface area contributed by atoms with Crippen molar-refractivity contribution in [1.29, 1.82) is 1.28 Å². The Balaban J connectivity index is -0.0000000447. The van der Waals surface area contributed by atoms with E-state index in [0.717, 1.165) is 76.4 Å². The molecule has 96 heavy (non-hydrogen) atoms. The van der Waals surface area contributed by atoms with Gasteiger partial charge in [0.25, 0.3) is 0 Å². The minimum Gasteiger partial charge on any atom is -1.00 e. The first-order valence-corrected chi connectivity index (χ1v) is 43.6. The second-order valence-corrected chi connectivity index (χ2v) is 34.1.